The van der Waals surface area contributed by atoms with Gasteiger partial charge in [0.15, 0.2) is 14.1 Å². The van der Waals surface area contributed by atoms with Crippen molar-refractivity contribution in [1.82, 2.24) is 9.97 Å². The molecule has 7 nitrogen and oxygen atoms in total. The molecule has 1 aliphatic heterocycles. The maximum atomic E-state index is 12.9. The molecule has 1 aliphatic rings. The number of nitriles is 1. The number of nitrogens with zero attached hydrogens (tertiary/aromatic N) is 3. The zero-order chi connectivity index (χ0) is 29.5. The Hall–Kier alpha value is -3.33. The molecule has 2 heterocycles. The lowest BCUT2D eigenvalue weighted by Gasteiger charge is -2.39. The Labute approximate surface area is 237 Å². The summed E-state index contributed by atoms with van der Waals surface area (Å²) in [5.74, 6) is -0.438. The van der Waals surface area contributed by atoms with E-state index in [1.165, 1.54) is 18.3 Å². The molecule has 1 unspecified atom stereocenters. The Kier molecular flexibility index (Phi) is 7.84. The van der Waals surface area contributed by atoms with Crippen molar-refractivity contribution in [1.29, 1.82) is 5.26 Å². The molecule has 0 saturated carbocycles. The van der Waals surface area contributed by atoms with Crippen molar-refractivity contribution in [2.45, 2.75) is 57.6 Å². The topological polar surface area (TPSA) is 92.1 Å². The Morgan fingerprint density at radius 1 is 1.18 bits per heavy atom. The molecule has 40 heavy (non-hydrogen) atoms. The van der Waals surface area contributed by atoms with Gasteiger partial charge in [0.05, 0.1) is 22.6 Å². The summed E-state index contributed by atoms with van der Waals surface area (Å²) in [4.78, 5) is 8.67. The SMILES string of the molecule is CC1(CO[Si](C)(C)C(C)(C)C)CNc2c(C#N)cc(-c3ccnc(Nc4cc(Cl)ccc4OC(F)(F)F)n3)cc21. The van der Waals surface area contributed by atoms with Crippen LogP contribution in [0.5, 0.6) is 5.75 Å². The predicted octanol–water partition coefficient (Wildman–Crippen LogP) is 8.02. The third kappa shape index (κ3) is 6.35. The Balaban J connectivity index is 1.68. The molecule has 212 valence electrons. The van der Waals surface area contributed by atoms with Crippen molar-refractivity contribution in [2.75, 3.05) is 23.8 Å². The van der Waals surface area contributed by atoms with Crippen LogP contribution in [0.1, 0.15) is 38.8 Å². The van der Waals surface area contributed by atoms with Crippen molar-refractivity contribution in [3.8, 4) is 23.1 Å². The highest BCUT2D eigenvalue weighted by molar-refractivity contribution is 6.74. The summed E-state index contributed by atoms with van der Waals surface area (Å²) >= 11 is 6.01. The summed E-state index contributed by atoms with van der Waals surface area (Å²) < 4.78 is 49.4. The molecule has 2 N–H and O–H groups in total. The second kappa shape index (κ2) is 10.6. The van der Waals surface area contributed by atoms with Gasteiger partial charge in [0.25, 0.3) is 0 Å². The molecule has 0 aliphatic carbocycles. The van der Waals surface area contributed by atoms with E-state index in [2.05, 4.69) is 72.2 Å². The van der Waals surface area contributed by atoms with Crippen LogP contribution in [0.4, 0.5) is 30.5 Å². The van der Waals surface area contributed by atoms with Crippen LogP contribution in [0.25, 0.3) is 11.3 Å². The van der Waals surface area contributed by atoms with E-state index in [-0.39, 0.29) is 27.1 Å². The lowest BCUT2D eigenvalue weighted by molar-refractivity contribution is -0.274. The van der Waals surface area contributed by atoms with Crippen molar-refractivity contribution >= 4 is 37.2 Å². The fraction of sp³-hybridized carbons (Fsp3) is 0.393. The van der Waals surface area contributed by atoms with Crippen LogP contribution in [-0.4, -0.2) is 37.8 Å². The predicted molar refractivity (Wildman–Crippen MR) is 153 cm³/mol. The second-order valence-electron chi connectivity index (χ2n) is 11.6. The van der Waals surface area contributed by atoms with Crippen LogP contribution in [0, 0.1) is 11.3 Å². The van der Waals surface area contributed by atoms with E-state index in [1.807, 2.05) is 6.07 Å². The summed E-state index contributed by atoms with van der Waals surface area (Å²) in [6, 6.07) is 11.4. The number of benzene rings is 2. The van der Waals surface area contributed by atoms with Crippen LogP contribution >= 0.6 is 11.6 Å². The molecule has 3 aromatic rings. The molecule has 1 atom stereocenters. The summed E-state index contributed by atoms with van der Waals surface area (Å²) in [5.41, 5.74) is 2.90. The number of halogens is 4. The minimum atomic E-state index is -4.89. The number of aromatic nitrogens is 2. The molecule has 0 bridgehead atoms. The number of nitrogens with one attached hydrogen (secondary N) is 2. The van der Waals surface area contributed by atoms with Crippen LogP contribution in [0.3, 0.4) is 0 Å². The zero-order valence-corrected chi connectivity index (χ0v) is 24.9. The number of fused-ring (bicyclic) bond motifs is 1. The first-order valence-corrected chi connectivity index (χ1v) is 15.9. The maximum Gasteiger partial charge on any atom is 0.573 e. The summed E-state index contributed by atoms with van der Waals surface area (Å²) in [6.45, 7) is 14.2. The summed E-state index contributed by atoms with van der Waals surface area (Å²) in [6.07, 6.45) is -3.41. The lowest BCUT2D eigenvalue weighted by Crippen LogP contribution is -2.45. The standard InChI is InChI=1S/C28H31ClF3N5O2Si/c1-26(2,3)40(5,6)38-16-27(4)15-35-24-18(14-33)11-17(12-20(24)27)21-9-10-34-25(36-21)37-22-13-19(29)7-8-23(22)39-28(30,31)32/h7-13,35H,15-16H2,1-6H3,(H,34,36,37). The fourth-order valence-electron chi connectivity index (χ4n) is 4.12. The number of hydrogen-bond donors (Lipinski definition) is 2. The van der Waals surface area contributed by atoms with Crippen molar-refractivity contribution in [3.63, 3.8) is 0 Å². The molecule has 2 aromatic carbocycles. The highest BCUT2D eigenvalue weighted by Gasteiger charge is 2.42. The van der Waals surface area contributed by atoms with Crippen LogP contribution in [-0.2, 0) is 9.84 Å². The Morgan fingerprint density at radius 3 is 2.55 bits per heavy atom. The normalized spacial score (nSPS) is 17.1. The smallest absolute Gasteiger partial charge is 0.416 e. The van der Waals surface area contributed by atoms with Crippen LogP contribution < -0.4 is 15.4 Å². The maximum absolute atomic E-state index is 12.9. The average Bonchev–Trinajstić information content (AvgIpc) is 3.20. The molecule has 0 spiro atoms. The van der Waals surface area contributed by atoms with Gasteiger partial charge in [-0.05, 0) is 60.1 Å². The minimum Gasteiger partial charge on any atom is -0.416 e. The van der Waals surface area contributed by atoms with E-state index in [9.17, 15) is 18.4 Å². The molecule has 0 saturated heterocycles. The Bertz CT molecular complexity index is 1470. The number of hydrogen-bond acceptors (Lipinski definition) is 7. The van der Waals surface area contributed by atoms with Gasteiger partial charge >= 0.3 is 6.36 Å². The van der Waals surface area contributed by atoms with E-state index in [1.54, 1.807) is 12.1 Å². The van der Waals surface area contributed by atoms with Crippen molar-refractivity contribution in [2.24, 2.45) is 0 Å². The van der Waals surface area contributed by atoms with Gasteiger partial charge in [-0.2, -0.15) is 5.26 Å². The van der Waals surface area contributed by atoms with Gasteiger partial charge in [-0.25, -0.2) is 9.97 Å². The molecule has 1 aromatic heterocycles. The lowest BCUT2D eigenvalue weighted by atomic mass is 9.83. The fourth-order valence-corrected chi connectivity index (χ4v) is 5.41. The van der Waals surface area contributed by atoms with Gasteiger partial charge in [0.2, 0.25) is 5.95 Å². The number of ether oxygens (including phenoxy) is 1. The van der Waals surface area contributed by atoms with Gasteiger partial charge in [-0.15, -0.1) is 13.2 Å². The number of anilines is 3. The quantitative estimate of drug-likeness (QED) is 0.270. The van der Waals surface area contributed by atoms with E-state index in [0.29, 0.717) is 30.0 Å². The van der Waals surface area contributed by atoms with E-state index in [0.717, 1.165) is 17.3 Å². The van der Waals surface area contributed by atoms with Crippen LogP contribution in [0.2, 0.25) is 23.2 Å². The summed E-state index contributed by atoms with van der Waals surface area (Å²) in [7, 11) is -2.02. The molecule has 4 rings (SSSR count). The monoisotopic (exact) mass is 589 g/mol. The van der Waals surface area contributed by atoms with Crippen molar-refractivity contribution in [3.05, 3.63) is 58.7 Å². The van der Waals surface area contributed by atoms with E-state index in [4.69, 9.17) is 16.0 Å². The molecule has 0 radical (unpaired) electrons. The Morgan fingerprint density at radius 2 is 1.90 bits per heavy atom. The molecular formula is C28H31ClF3N5O2Si. The van der Waals surface area contributed by atoms with Gasteiger partial charge in [-0.1, -0.05) is 39.3 Å². The third-order valence-corrected chi connectivity index (χ3v) is 12.2. The molecular weight excluding hydrogens is 559 g/mol. The van der Waals surface area contributed by atoms with E-state index >= 15 is 0 Å². The van der Waals surface area contributed by atoms with Gasteiger partial charge < -0.3 is 19.8 Å². The largest absolute Gasteiger partial charge is 0.573 e. The molecule has 12 heteroatoms. The first-order chi connectivity index (χ1) is 18.5. The highest BCUT2D eigenvalue weighted by Crippen LogP contribution is 2.44. The number of rotatable bonds is 7. The van der Waals surface area contributed by atoms with E-state index < -0.39 is 20.4 Å². The average molecular weight is 590 g/mol. The van der Waals surface area contributed by atoms with Crippen molar-refractivity contribution < 1.29 is 22.3 Å². The van der Waals surface area contributed by atoms with Gasteiger partial charge in [0, 0.05) is 35.3 Å². The molecule has 0 amide bonds. The third-order valence-electron chi connectivity index (χ3n) is 7.49. The highest BCUT2D eigenvalue weighted by atomic mass is 35.5. The van der Waals surface area contributed by atoms with Gasteiger partial charge in [-0.3, -0.25) is 0 Å². The molecule has 0 fully saturated rings. The minimum absolute atomic E-state index is 0.0351. The number of alkyl halides is 3. The van der Waals surface area contributed by atoms with Gasteiger partial charge in [0.1, 0.15) is 6.07 Å². The zero-order valence-electron chi connectivity index (χ0n) is 23.1. The first kappa shape index (κ1) is 29.6. The summed E-state index contributed by atoms with van der Waals surface area (Å²) in [5, 5.41) is 16.3. The first-order valence-electron chi connectivity index (χ1n) is 12.6. The van der Waals surface area contributed by atoms with Crippen LogP contribution in [0.15, 0.2) is 42.6 Å². The second-order valence-corrected chi connectivity index (χ2v) is 16.8.